The van der Waals surface area contributed by atoms with Gasteiger partial charge in [0.25, 0.3) is 0 Å². The third-order valence-corrected chi connectivity index (χ3v) is 5.17. The van der Waals surface area contributed by atoms with Crippen LogP contribution >= 0.6 is 23.2 Å². The van der Waals surface area contributed by atoms with Gasteiger partial charge in [-0.3, -0.25) is 14.5 Å². The van der Waals surface area contributed by atoms with E-state index >= 15 is 0 Å². The highest BCUT2D eigenvalue weighted by Crippen LogP contribution is 2.29. The minimum Gasteiger partial charge on any atom is -0.360 e. The number of amides is 1. The smallest absolute Gasteiger partial charge is 0.238 e. The normalized spacial score (nSPS) is 11.2. The van der Waals surface area contributed by atoms with E-state index in [1.807, 2.05) is 18.2 Å². The maximum absolute atomic E-state index is 12.7. The van der Waals surface area contributed by atoms with E-state index in [1.54, 1.807) is 36.3 Å². The number of carbonyl (C=O) groups is 2. The Labute approximate surface area is 173 Å². The van der Waals surface area contributed by atoms with Crippen molar-refractivity contribution in [2.75, 3.05) is 25.5 Å². The zero-order valence-corrected chi connectivity index (χ0v) is 17.2. The van der Waals surface area contributed by atoms with Gasteiger partial charge in [0.1, 0.15) is 0 Å². The van der Waals surface area contributed by atoms with Crippen molar-refractivity contribution in [3.63, 3.8) is 0 Å². The van der Waals surface area contributed by atoms with Gasteiger partial charge < -0.3 is 10.3 Å². The standard InChI is InChI=1S/C21H21Cl2N3O2/c1-3-13-6-4-7-14-15(10-24-20(13)14)18(27)11-26(2)12-19(28)25-21-16(22)8-5-9-17(21)23/h4-10,24H,3,11-12H2,1-2H3,(H,25,28). The number of fused-ring (bicyclic) bond motifs is 1. The first-order chi connectivity index (χ1) is 13.4. The molecule has 146 valence electrons. The van der Waals surface area contributed by atoms with E-state index in [-0.39, 0.29) is 24.8 Å². The molecule has 0 aliphatic rings. The van der Waals surface area contributed by atoms with Gasteiger partial charge in [-0.25, -0.2) is 0 Å². The molecular formula is C21H21Cl2N3O2. The van der Waals surface area contributed by atoms with Gasteiger partial charge in [0.15, 0.2) is 5.78 Å². The number of nitrogens with one attached hydrogen (secondary N) is 2. The van der Waals surface area contributed by atoms with Crippen LogP contribution in [0.2, 0.25) is 10.0 Å². The zero-order chi connectivity index (χ0) is 20.3. The third kappa shape index (κ3) is 4.38. The summed E-state index contributed by atoms with van der Waals surface area (Å²) in [5.41, 5.74) is 3.16. The number of halogens is 2. The third-order valence-electron chi connectivity index (χ3n) is 4.54. The Bertz CT molecular complexity index is 1010. The predicted octanol–water partition coefficient (Wildman–Crippen LogP) is 4.79. The zero-order valence-electron chi connectivity index (χ0n) is 15.7. The molecule has 3 rings (SSSR count). The number of rotatable bonds is 7. The number of anilines is 1. The van der Waals surface area contributed by atoms with Gasteiger partial charge >= 0.3 is 0 Å². The van der Waals surface area contributed by atoms with E-state index in [0.29, 0.717) is 21.3 Å². The van der Waals surface area contributed by atoms with E-state index in [0.717, 1.165) is 17.3 Å². The maximum atomic E-state index is 12.7. The molecule has 7 heteroatoms. The minimum absolute atomic E-state index is 0.0376. The summed E-state index contributed by atoms with van der Waals surface area (Å²) in [4.78, 5) is 29.9. The number of benzene rings is 2. The number of aromatic amines is 1. The van der Waals surface area contributed by atoms with Crippen LogP contribution < -0.4 is 5.32 Å². The number of hydrogen-bond donors (Lipinski definition) is 2. The number of carbonyl (C=O) groups excluding carboxylic acids is 2. The number of Topliss-reactive ketones (excluding diaryl/α,β-unsaturated/α-hetero) is 1. The Balaban J connectivity index is 1.65. The highest BCUT2D eigenvalue weighted by molar-refractivity contribution is 6.39. The number of ketones is 1. The van der Waals surface area contributed by atoms with Gasteiger partial charge in [0.2, 0.25) is 5.91 Å². The Kier molecular flexibility index (Phi) is 6.39. The molecule has 3 aromatic rings. The molecular weight excluding hydrogens is 397 g/mol. The van der Waals surface area contributed by atoms with Crippen LogP contribution in [-0.4, -0.2) is 41.7 Å². The lowest BCUT2D eigenvalue weighted by Gasteiger charge is -2.16. The molecule has 0 atom stereocenters. The molecule has 0 bridgehead atoms. The first-order valence-electron chi connectivity index (χ1n) is 8.95. The van der Waals surface area contributed by atoms with Crippen LogP contribution in [0, 0.1) is 0 Å². The summed E-state index contributed by atoms with van der Waals surface area (Å²) in [5, 5.41) is 4.34. The Morgan fingerprint density at radius 1 is 1.07 bits per heavy atom. The molecule has 2 aromatic carbocycles. The van der Waals surface area contributed by atoms with Crippen molar-refractivity contribution >= 4 is 51.5 Å². The SMILES string of the molecule is CCc1cccc2c(C(=O)CN(C)CC(=O)Nc3c(Cl)cccc3Cl)c[nH]c12. The number of hydrogen-bond acceptors (Lipinski definition) is 3. The van der Waals surface area contributed by atoms with Crippen molar-refractivity contribution in [2.24, 2.45) is 0 Å². The number of aromatic nitrogens is 1. The summed E-state index contributed by atoms with van der Waals surface area (Å²) < 4.78 is 0. The molecule has 0 unspecified atom stereocenters. The van der Waals surface area contributed by atoms with E-state index < -0.39 is 0 Å². The van der Waals surface area contributed by atoms with Crippen molar-refractivity contribution in [1.29, 1.82) is 0 Å². The van der Waals surface area contributed by atoms with Crippen LogP contribution in [0.1, 0.15) is 22.8 Å². The van der Waals surface area contributed by atoms with E-state index in [4.69, 9.17) is 23.2 Å². The van der Waals surface area contributed by atoms with Crippen LogP contribution in [0.15, 0.2) is 42.6 Å². The Morgan fingerprint density at radius 2 is 1.75 bits per heavy atom. The summed E-state index contributed by atoms with van der Waals surface area (Å²) in [6.45, 7) is 2.23. The monoisotopic (exact) mass is 417 g/mol. The average Bonchev–Trinajstić information content (AvgIpc) is 3.09. The van der Waals surface area contributed by atoms with E-state index in [1.165, 1.54) is 5.56 Å². The Morgan fingerprint density at radius 3 is 2.43 bits per heavy atom. The molecule has 0 saturated carbocycles. The highest BCUT2D eigenvalue weighted by Gasteiger charge is 2.17. The summed E-state index contributed by atoms with van der Waals surface area (Å²) in [7, 11) is 1.72. The van der Waals surface area contributed by atoms with Gasteiger partial charge in [-0.15, -0.1) is 0 Å². The fraction of sp³-hybridized carbons (Fsp3) is 0.238. The fourth-order valence-electron chi connectivity index (χ4n) is 3.17. The second-order valence-corrected chi connectivity index (χ2v) is 7.45. The van der Waals surface area contributed by atoms with Gasteiger partial charge in [0.05, 0.1) is 28.8 Å². The lowest BCUT2D eigenvalue weighted by atomic mass is 10.0. The molecule has 1 aromatic heterocycles. The molecule has 1 amide bonds. The molecule has 0 fully saturated rings. The fourth-order valence-corrected chi connectivity index (χ4v) is 3.66. The van der Waals surface area contributed by atoms with Crippen LogP contribution in [0.4, 0.5) is 5.69 Å². The van der Waals surface area contributed by atoms with Gasteiger partial charge in [-0.1, -0.05) is 54.4 Å². The number of aryl methyl sites for hydroxylation is 1. The molecule has 0 saturated heterocycles. The molecule has 0 aliphatic heterocycles. The topological polar surface area (TPSA) is 65.2 Å². The van der Waals surface area contributed by atoms with Crippen molar-refractivity contribution in [1.82, 2.24) is 9.88 Å². The quantitative estimate of drug-likeness (QED) is 0.543. The van der Waals surface area contributed by atoms with E-state index in [9.17, 15) is 9.59 Å². The molecule has 0 spiro atoms. The molecule has 5 nitrogen and oxygen atoms in total. The van der Waals surface area contributed by atoms with Crippen molar-refractivity contribution < 1.29 is 9.59 Å². The van der Waals surface area contributed by atoms with Gasteiger partial charge in [0, 0.05) is 22.7 Å². The largest absolute Gasteiger partial charge is 0.360 e. The molecule has 1 heterocycles. The lowest BCUT2D eigenvalue weighted by molar-refractivity contribution is -0.116. The first kappa shape index (κ1) is 20.4. The van der Waals surface area contributed by atoms with Gasteiger partial charge in [-0.2, -0.15) is 0 Å². The summed E-state index contributed by atoms with van der Waals surface area (Å²) in [6, 6.07) is 10.9. The highest BCUT2D eigenvalue weighted by atomic mass is 35.5. The number of nitrogens with zero attached hydrogens (tertiary/aromatic N) is 1. The van der Waals surface area contributed by atoms with Crippen LogP contribution in [0.5, 0.6) is 0 Å². The summed E-state index contributed by atoms with van der Waals surface area (Å²) in [5.74, 6) is -0.344. The molecule has 0 aliphatic carbocycles. The average molecular weight is 418 g/mol. The van der Waals surface area contributed by atoms with Crippen LogP contribution in [0.3, 0.4) is 0 Å². The second kappa shape index (κ2) is 8.78. The number of H-pyrrole nitrogens is 1. The lowest BCUT2D eigenvalue weighted by Crippen LogP contribution is -2.34. The summed E-state index contributed by atoms with van der Waals surface area (Å²) in [6.07, 6.45) is 2.62. The van der Waals surface area contributed by atoms with Crippen molar-refractivity contribution in [3.05, 3.63) is 63.8 Å². The van der Waals surface area contributed by atoms with Crippen LogP contribution in [0.25, 0.3) is 10.9 Å². The number of likely N-dealkylation sites (N-methyl/N-ethyl adjacent to an activating group) is 1. The predicted molar refractivity (Wildman–Crippen MR) is 115 cm³/mol. The van der Waals surface area contributed by atoms with E-state index in [2.05, 4.69) is 17.2 Å². The second-order valence-electron chi connectivity index (χ2n) is 6.64. The first-order valence-corrected chi connectivity index (χ1v) is 9.70. The molecule has 2 N–H and O–H groups in total. The number of para-hydroxylation sites is 2. The molecule has 0 radical (unpaired) electrons. The van der Waals surface area contributed by atoms with Crippen LogP contribution in [-0.2, 0) is 11.2 Å². The minimum atomic E-state index is -0.294. The van der Waals surface area contributed by atoms with Gasteiger partial charge in [-0.05, 0) is 31.2 Å². The van der Waals surface area contributed by atoms with Crippen molar-refractivity contribution in [2.45, 2.75) is 13.3 Å². The molecule has 28 heavy (non-hydrogen) atoms. The summed E-state index contributed by atoms with van der Waals surface area (Å²) >= 11 is 12.1. The Hall–Kier alpha value is -2.34. The maximum Gasteiger partial charge on any atom is 0.238 e. The van der Waals surface area contributed by atoms with Crippen molar-refractivity contribution in [3.8, 4) is 0 Å².